The van der Waals surface area contributed by atoms with Gasteiger partial charge < -0.3 is 20.1 Å². The van der Waals surface area contributed by atoms with Crippen molar-refractivity contribution in [1.29, 1.82) is 0 Å². The van der Waals surface area contributed by atoms with E-state index in [1.807, 2.05) is 66.9 Å². The maximum absolute atomic E-state index is 13.4. The highest BCUT2D eigenvalue weighted by Crippen LogP contribution is 2.26. The zero-order valence-corrected chi connectivity index (χ0v) is 21.7. The quantitative estimate of drug-likeness (QED) is 0.313. The molecule has 0 radical (unpaired) electrons. The fraction of sp³-hybridized carbons (Fsp3) is 0.194. The summed E-state index contributed by atoms with van der Waals surface area (Å²) in [7, 11) is 1.56. The lowest BCUT2D eigenvalue weighted by Crippen LogP contribution is -2.38. The van der Waals surface area contributed by atoms with Gasteiger partial charge in [-0.25, -0.2) is 4.68 Å². The van der Waals surface area contributed by atoms with Crippen molar-refractivity contribution in [2.75, 3.05) is 20.3 Å². The molecule has 4 aromatic rings. The van der Waals surface area contributed by atoms with Crippen LogP contribution in [0.25, 0.3) is 23.0 Å². The van der Waals surface area contributed by atoms with Crippen molar-refractivity contribution < 1.29 is 19.1 Å². The summed E-state index contributed by atoms with van der Waals surface area (Å²) < 4.78 is 12.6. The van der Waals surface area contributed by atoms with Gasteiger partial charge in [0.05, 0.1) is 18.9 Å². The summed E-state index contributed by atoms with van der Waals surface area (Å²) >= 11 is 0. The van der Waals surface area contributed by atoms with Crippen LogP contribution < -0.4 is 15.4 Å². The number of methoxy groups -OCH3 is 1. The third kappa shape index (κ3) is 6.42. The van der Waals surface area contributed by atoms with E-state index in [2.05, 4.69) is 10.6 Å². The van der Waals surface area contributed by atoms with Crippen molar-refractivity contribution in [3.63, 3.8) is 0 Å². The molecule has 0 aliphatic carbocycles. The number of carbonyl (C=O) groups excluding carboxylic acids is 2. The number of amides is 2. The first-order valence-corrected chi connectivity index (χ1v) is 12.9. The molecule has 1 atom stereocenters. The van der Waals surface area contributed by atoms with Gasteiger partial charge in [0.1, 0.15) is 17.1 Å². The maximum Gasteiger partial charge on any atom is 0.267 e. The molecule has 198 valence electrons. The van der Waals surface area contributed by atoms with Crippen molar-refractivity contribution in [3.05, 3.63) is 108 Å². The predicted molar refractivity (Wildman–Crippen MR) is 149 cm³/mol. The number of nitrogens with zero attached hydrogens (tertiary/aromatic N) is 2. The van der Waals surface area contributed by atoms with E-state index < -0.39 is 11.8 Å². The van der Waals surface area contributed by atoms with E-state index in [-0.39, 0.29) is 11.8 Å². The molecule has 3 aromatic carbocycles. The molecule has 0 saturated carbocycles. The summed E-state index contributed by atoms with van der Waals surface area (Å²) in [6.07, 6.45) is 5.34. The van der Waals surface area contributed by atoms with Gasteiger partial charge in [-0.3, -0.25) is 9.59 Å². The molecule has 1 fully saturated rings. The van der Waals surface area contributed by atoms with E-state index in [0.29, 0.717) is 35.7 Å². The SMILES string of the molecule is COc1ccc(C(=O)N/C(=C\c2cn(-c3ccccc3)nc2-c2ccccc2)C(=O)NCC2CCCO2)cc1. The first kappa shape index (κ1) is 25.9. The average molecular weight is 523 g/mol. The summed E-state index contributed by atoms with van der Waals surface area (Å²) in [5.41, 5.74) is 3.64. The van der Waals surface area contributed by atoms with Crippen LogP contribution >= 0.6 is 0 Å². The number of para-hydroxylation sites is 1. The highest BCUT2D eigenvalue weighted by molar-refractivity contribution is 6.05. The van der Waals surface area contributed by atoms with Crippen LogP contribution in [0, 0.1) is 0 Å². The molecule has 1 saturated heterocycles. The lowest BCUT2D eigenvalue weighted by atomic mass is 10.1. The minimum Gasteiger partial charge on any atom is -0.497 e. The Bertz CT molecular complexity index is 1440. The van der Waals surface area contributed by atoms with Gasteiger partial charge in [-0.1, -0.05) is 48.5 Å². The van der Waals surface area contributed by atoms with Crippen molar-refractivity contribution in [2.45, 2.75) is 18.9 Å². The molecule has 39 heavy (non-hydrogen) atoms. The number of hydrogen-bond donors (Lipinski definition) is 2. The topological polar surface area (TPSA) is 94.5 Å². The minimum atomic E-state index is -0.409. The van der Waals surface area contributed by atoms with Gasteiger partial charge in [-0.2, -0.15) is 5.10 Å². The number of rotatable bonds is 9. The molecule has 0 bridgehead atoms. The molecule has 2 heterocycles. The second-order valence-electron chi connectivity index (χ2n) is 9.16. The van der Waals surface area contributed by atoms with Crippen LogP contribution in [-0.4, -0.2) is 48.0 Å². The Morgan fingerprint density at radius 1 is 1.03 bits per heavy atom. The third-order valence-corrected chi connectivity index (χ3v) is 6.47. The van der Waals surface area contributed by atoms with Gasteiger partial charge >= 0.3 is 0 Å². The minimum absolute atomic E-state index is 0.0341. The molecule has 1 aromatic heterocycles. The summed E-state index contributed by atoms with van der Waals surface area (Å²) in [5.74, 6) is -0.177. The molecule has 5 rings (SSSR count). The van der Waals surface area contributed by atoms with Crippen molar-refractivity contribution >= 4 is 17.9 Å². The smallest absolute Gasteiger partial charge is 0.267 e. The van der Waals surface area contributed by atoms with Crippen molar-refractivity contribution in [3.8, 4) is 22.7 Å². The van der Waals surface area contributed by atoms with Gasteiger partial charge in [0.2, 0.25) is 0 Å². The van der Waals surface area contributed by atoms with Crippen molar-refractivity contribution in [2.24, 2.45) is 0 Å². The van der Waals surface area contributed by atoms with Crippen LogP contribution in [0.2, 0.25) is 0 Å². The Balaban J connectivity index is 1.51. The second-order valence-corrected chi connectivity index (χ2v) is 9.16. The van der Waals surface area contributed by atoms with Gasteiger partial charge in [-0.05, 0) is 55.3 Å². The fourth-order valence-corrected chi connectivity index (χ4v) is 4.38. The van der Waals surface area contributed by atoms with E-state index >= 15 is 0 Å². The Labute approximate surface area is 227 Å². The van der Waals surface area contributed by atoms with Gasteiger partial charge in [0.15, 0.2) is 0 Å². The van der Waals surface area contributed by atoms with E-state index in [0.717, 1.165) is 24.1 Å². The Hall–Kier alpha value is -4.69. The first-order chi connectivity index (χ1) is 19.1. The van der Waals surface area contributed by atoms with Crippen LogP contribution in [-0.2, 0) is 9.53 Å². The number of carbonyl (C=O) groups is 2. The summed E-state index contributed by atoms with van der Waals surface area (Å²) in [4.78, 5) is 26.6. The molecular weight excluding hydrogens is 492 g/mol. The lowest BCUT2D eigenvalue weighted by Gasteiger charge is -2.14. The second kappa shape index (κ2) is 12.2. The largest absolute Gasteiger partial charge is 0.497 e. The van der Waals surface area contributed by atoms with E-state index in [1.54, 1.807) is 42.1 Å². The third-order valence-electron chi connectivity index (χ3n) is 6.47. The molecule has 1 aliphatic rings. The van der Waals surface area contributed by atoms with E-state index in [9.17, 15) is 9.59 Å². The van der Waals surface area contributed by atoms with Crippen LogP contribution in [0.3, 0.4) is 0 Å². The fourth-order valence-electron chi connectivity index (χ4n) is 4.38. The number of hydrogen-bond acceptors (Lipinski definition) is 5. The molecule has 2 N–H and O–H groups in total. The highest BCUT2D eigenvalue weighted by atomic mass is 16.5. The van der Waals surface area contributed by atoms with Crippen LogP contribution in [0.15, 0.2) is 96.8 Å². The van der Waals surface area contributed by atoms with Gasteiger partial charge in [0.25, 0.3) is 11.8 Å². The molecular formula is C31H30N4O4. The molecule has 1 unspecified atom stereocenters. The number of ether oxygens (including phenoxy) is 2. The molecule has 0 spiro atoms. The highest BCUT2D eigenvalue weighted by Gasteiger charge is 2.21. The maximum atomic E-state index is 13.4. The lowest BCUT2D eigenvalue weighted by molar-refractivity contribution is -0.118. The number of aromatic nitrogens is 2. The Morgan fingerprint density at radius 2 is 1.74 bits per heavy atom. The zero-order valence-electron chi connectivity index (χ0n) is 21.7. The molecule has 2 amide bonds. The molecule has 1 aliphatic heterocycles. The van der Waals surface area contributed by atoms with E-state index in [4.69, 9.17) is 14.6 Å². The number of benzene rings is 3. The molecule has 8 heteroatoms. The summed E-state index contributed by atoms with van der Waals surface area (Å²) in [6.45, 7) is 1.06. The standard InChI is InChI=1S/C31H30N4O4/c1-38-26-16-14-23(15-17-26)30(36)33-28(31(37)32-20-27-13-8-18-39-27)19-24-21-35(25-11-6-3-7-12-25)34-29(24)22-9-4-2-5-10-22/h2-7,9-12,14-17,19,21,27H,8,13,18,20H2,1H3,(H,32,37)(H,33,36)/b28-19-. The van der Waals surface area contributed by atoms with Crippen LogP contribution in [0.5, 0.6) is 5.75 Å². The van der Waals surface area contributed by atoms with Crippen LogP contribution in [0.1, 0.15) is 28.8 Å². The summed E-state index contributed by atoms with van der Waals surface area (Å²) in [6, 6.07) is 26.2. The monoisotopic (exact) mass is 522 g/mol. The average Bonchev–Trinajstić information content (AvgIpc) is 3.67. The first-order valence-electron chi connectivity index (χ1n) is 12.9. The summed E-state index contributed by atoms with van der Waals surface area (Å²) in [5, 5.41) is 10.6. The predicted octanol–water partition coefficient (Wildman–Crippen LogP) is 4.61. The van der Waals surface area contributed by atoms with Crippen molar-refractivity contribution in [1.82, 2.24) is 20.4 Å². The number of nitrogens with one attached hydrogen (secondary N) is 2. The van der Waals surface area contributed by atoms with Gasteiger partial charge in [0, 0.05) is 36.0 Å². The Morgan fingerprint density at radius 3 is 2.41 bits per heavy atom. The Kier molecular flexibility index (Phi) is 8.14. The molecule has 8 nitrogen and oxygen atoms in total. The van der Waals surface area contributed by atoms with Gasteiger partial charge in [-0.15, -0.1) is 0 Å². The zero-order chi connectivity index (χ0) is 27.0. The normalized spacial score (nSPS) is 15.1. The van der Waals surface area contributed by atoms with E-state index in [1.165, 1.54) is 0 Å². The van der Waals surface area contributed by atoms with Crippen LogP contribution in [0.4, 0.5) is 0 Å².